The van der Waals surface area contributed by atoms with Crippen LogP contribution in [0.3, 0.4) is 0 Å². The molecule has 0 fully saturated rings. The highest BCUT2D eigenvalue weighted by molar-refractivity contribution is 7.90. The zero-order valence-electron chi connectivity index (χ0n) is 15.5. The van der Waals surface area contributed by atoms with Crippen LogP contribution in [0.4, 0.5) is 5.69 Å². The van der Waals surface area contributed by atoms with Gasteiger partial charge in [0.1, 0.15) is 17.2 Å². The lowest BCUT2D eigenvalue weighted by Gasteiger charge is -2.12. The van der Waals surface area contributed by atoms with E-state index in [-0.39, 0.29) is 21.4 Å². The molecule has 3 aromatic rings. The summed E-state index contributed by atoms with van der Waals surface area (Å²) in [5.41, 5.74) is 0.322. The number of rotatable bonds is 6. The highest BCUT2D eigenvalue weighted by Crippen LogP contribution is 2.29. The molecule has 0 unspecified atom stereocenters. The maximum atomic E-state index is 12.7. The zero-order valence-corrected chi connectivity index (χ0v) is 17.1. The second kappa shape index (κ2) is 8.50. The van der Waals surface area contributed by atoms with Gasteiger partial charge in [-0.25, -0.2) is 13.4 Å². The summed E-state index contributed by atoms with van der Waals surface area (Å²) in [6, 6.07) is 14.0. The third-order valence-corrected chi connectivity index (χ3v) is 5.34. The average Bonchev–Trinajstić information content (AvgIpc) is 2.69. The van der Waals surface area contributed by atoms with Crippen molar-refractivity contribution in [3.8, 4) is 17.4 Å². The van der Waals surface area contributed by atoms with Crippen molar-refractivity contribution < 1.29 is 22.7 Å². The number of nitrogens with zero attached hydrogens (tertiary/aromatic N) is 1. The number of hydrogen-bond acceptors (Lipinski definition) is 6. The van der Waals surface area contributed by atoms with Crippen molar-refractivity contribution in [1.29, 1.82) is 0 Å². The van der Waals surface area contributed by atoms with Gasteiger partial charge in [-0.05, 0) is 54.6 Å². The Morgan fingerprint density at radius 1 is 1.07 bits per heavy atom. The Kier molecular flexibility index (Phi) is 6.05. The molecule has 0 radical (unpaired) electrons. The number of anilines is 1. The number of amides is 1. The predicted octanol–water partition coefficient (Wildman–Crippen LogP) is 4.19. The molecule has 0 aliphatic carbocycles. The number of benzene rings is 2. The Morgan fingerprint density at radius 2 is 1.76 bits per heavy atom. The number of aromatic nitrogens is 1. The molecule has 1 N–H and O–H groups in total. The van der Waals surface area contributed by atoms with Crippen LogP contribution in [-0.4, -0.2) is 32.7 Å². The molecule has 0 aliphatic heterocycles. The first-order valence-corrected chi connectivity index (χ1v) is 10.6. The number of sulfone groups is 1. The normalized spacial score (nSPS) is 11.0. The van der Waals surface area contributed by atoms with Gasteiger partial charge in [-0.2, -0.15) is 0 Å². The molecule has 1 amide bonds. The molecule has 29 heavy (non-hydrogen) atoms. The third-order valence-electron chi connectivity index (χ3n) is 3.90. The Hall–Kier alpha value is -3.10. The quantitative estimate of drug-likeness (QED) is 0.627. The molecule has 1 aromatic heterocycles. The molecule has 9 heteroatoms. The maximum Gasteiger partial charge on any atom is 0.257 e. The van der Waals surface area contributed by atoms with Crippen molar-refractivity contribution in [2.24, 2.45) is 0 Å². The van der Waals surface area contributed by atoms with E-state index < -0.39 is 15.7 Å². The van der Waals surface area contributed by atoms with Gasteiger partial charge in [-0.3, -0.25) is 4.79 Å². The highest BCUT2D eigenvalue weighted by atomic mass is 35.5. The smallest absolute Gasteiger partial charge is 0.257 e. The van der Waals surface area contributed by atoms with E-state index in [0.29, 0.717) is 17.2 Å². The van der Waals surface area contributed by atoms with Crippen LogP contribution in [0.25, 0.3) is 0 Å². The fourth-order valence-electron chi connectivity index (χ4n) is 2.42. The van der Waals surface area contributed by atoms with Crippen LogP contribution >= 0.6 is 11.6 Å². The van der Waals surface area contributed by atoms with Gasteiger partial charge in [0.15, 0.2) is 9.84 Å². The fraction of sp³-hybridized carbons (Fsp3) is 0.100. The van der Waals surface area contributed by atoms with E-state index in [0.717, 1.165) is 6.26 Å². The van der Waals surface area contributed by atoms with Crippen molar-refractivity contribution in [3.63, 3.8) is 0 Å². The monoisotopic (exact) mass is 432 g/mol. The average molecular weight is 433 g/mol. The van der Waals surface area contributed by atoms with E-state index >= 15 is 0 Å². The second-order valence-corrected chi connectivity index (χ2v) is 8.42. The number of nitrogens with one attached hydrogen (secondary N) is 1. The molecule has 0 saturated heterocycles. The van der Waals surface area contributed by atoms with Crippen LogP contribution in [0, 0.1) is 0 Å². The summed E-state index contributed by atoms with van der Waals surface area (Å²) < 4.78 is 34.4. The topological polar surface area (TPSA) is 94.6 Å². The predicted molar refractivity (Wildman–Crippen MR) is 110 cm³/mol. The molecule has 1 heterocycles. The van der Waals surface area contributed by atoms with Gasteiger partial charge in [0.25, 0.3) is 5.91 Å². The summed E-state index contributed by atoms with van der Waals surface area (Å²) >= 11 is 6.09. The minimum atomic E-state index is -3.49. The summed E-state index contributed by atoms with van der Waals surface area (Å²) in [6.45, 7) is 0. The van der Waals surface area contributed by atoms with E-state index in [1.165, 1.54) is 24.4 Å². The Bertz CT molecular complexity index is 1150. The van der Waals surface area contributed by atoms with Gasteiger partial charge in [0.2, 0.25) is 5.88 Å². The van der Waals surface area contributed by atoms with Crippen molar-refractivity contribution in [2.75, 3.05) is 18.7 Å². The van der Waals surface area contributed by atoms with E-state index in [4.69, 9.17) is 21.1 Å². The summed E-state index contributed by atoms with van der Waals surface area (Å²) in [5.74, 6) is 0.749. The lowest BCUT2D eigenvalue weighted by atomic mass is 10.2. The van der Waals surface area contributed by atoms with Crippen LogP contribution < -0.4 is 14.8 Å². The molecule has 0 saturated carbocycles. The third kappa shape index (κ3) is 5.04. The van der Waals surface area contributed by atoms with Crippen LogP contribution in [-0.2, 0) is 9.84 Å². The molecule has 0 atom stereocenters. The number of pyridine rings is 1. The summed E-state index contributed by atoms with van der Waals surface area (Å²) in [4.78, 5) is 16.9. The van der Waals surface area contributed by atoms with E-state index in [9.17, 15) is 13.2 Å². The SMILES string of the molecule is COc1ccc(Oc2ncccc2NC(=O)c2cc(S(C)(=O)=O)ccc2Cl)cc1. The molecule has 7 nitrogen and oxygen atoms in total. The summed E-state index contributed by atoms with van der Waals surface area (Å²) in [5, 5.41) is 2.78. The molecule has 0 aliphatic rings. The molecule has 0 bridgehead atoms. The Morgan fingerprint density at radius 3 is 2.41 bits per heavy atom. The van der Waals surface area contributed by atoms with Crippen molar-refractivity contribution in [2.45, 2.75) is 4.90 Å². The lowest BCUT2D eigenvalue weighted by Crippen LogP contribution is -2.14. The van der Waals surface area contributed by atoms with Crippen molar-refractivity contribution in [3.05, 3.63) is 71.4 Å². The van der Waals surface area contributed by atoms with Crippen molar-refractivity contribution in [1.82, 2.24) is 4.98 Å². The van der Waals surface area contributed by atoms with Crippen LogP contribution in [0.1, 0.15) is 10.4 Å². The first-order chi connectivity index (χ1) is 13.8. The van der Waals surface area contributed by atoms with Gasteiger partial charge in [-0.15, -0.1) is 0 Å². The molecule has 3 rings (SSSR count). The maximum absolute atomic E-state index is 12.7. The highest BCUT2D eigenvalue weighted by Gasteiger charge is 2.17. The largest absolute Gasteiger partial charge is 0.497 e. The van der Waals surface area contributed by atoms with E-state index in [1.807, 2.05) is 0 Å². The number of ether oxygens (including phenoxy) is 2. The number of carbonyl (C=O) groups excluding carboxylic acids is 1. The molecular formula is C20H17ClN2O5S. The number of carbonyl (C=O) groups is 1. The standard InChI is InChI=1S/C20H17ClN2O5S/c1-27-13-5-7-14(8-6-13)28-20-18(4-3-11-22-20)23-19(24)16-12-15(29(2,25)26)9-10-17(16)21/h3-12H,1-2H3,(H,23,24). The first-order valence-electron chi connectivity index (χ1n) is 8.36. The minimum absolute atomic E-state index is 0.00653. The van der Waals surface area contributed by atoms with Crippen LogP contribution in [0.15, 0.2) is 65.7 Å². The van der Waals surface area contributed by atoms with Gasteiger partial charge in [-0.1, -0.05) is 11.6 Å². The lowest BCUT2D eigenvalue weighted by molar-refractivity contribution is 0.102. The Balaban J connectivity index is 1.86. The number of methoxy groups -OCH3 is 1. The molecule has 150 valence electrons. The number of hydrogen-bond donors (Lipinski definition) is 1. The molecular weight excluding hydrogens is 416 g/mol. The van der Waals surface area contributed by atoms with Gasteiger partial charge < -0.3 is 14.8 Å². The fourth-order valence-corrected chi connectivity index (χ4v) is 3.27. The molecule has 2 aromatic carbocycles. The summed E-state index contributed by atoms with van der Waals surface area (Å²) in [6.07, 6.45) is 2.58. The minimum Gasteiger partial charge on any atom is -0.497 e. The van der Waals surface area contributed by atoms with Crippen LogP contribution in [0.2, 0.25) is 5.02 Å². The van der Waals surface area contributed by atoms with E-state index in [2.05, 4.69) is 10.3 Å². The zero-order chi connectivity index (χ0) is 21.0. The van der Waals surface area contributed by atoms with Crippen LogP contribution in [0.5, 0.6) is 17.4 Å². The first kappa shape index (κ1) is 20.6. The van der Waals surface area contributed by atoms with E-state index in [1.54, 1.807) is 43.5 Å². The summed E-state index contributed by atoms with van der Waals surface area (Å²) in [7, 11) is -1.93. The van der Waals surface area contributed by atoms with Gasteiger partial charge >= 0.3 is 0 Å². The van der Waals surface area contributed by atoms with Gasteiger partial charge in [0, 0.05) is 12.5 Å². The number of halogens is 1. The van der Waals surface area contributed by atoms with Crippen molar-refractivity contribution >= 4 is 33.0 Å². The second-order valence-electron chi connectivity index (χ2n) is 6.00. The van der Waals surface area contributed by atoms with Gasteiger partial charge in [0.05, 0.1) is 22.6 Å². The Labute approximate surface area is 173 Å². The molecule has 0 spiro atoms.